The number of aliphatic hydroxyl groups excluding tert-OH is 1. The average molecular weight is 357 g/mol. The van der Waals surface area contributed by atoms with Crippen molar-refractivity contribution in [1.29, 1.82) is 0 Å². The lowest BCUT2D eigenvalue weighted by Crippen LogP contribution is -1.98. The Morgan fingerprint density at radius 2 is 1.94 bits per heavy atom. The summed E-state index contributed by atoms with van der Waals surface area (Å²) >= 11 is 2.24. The van der Waals surface area contributed by atoms with Crippen molar-refractivity contribution in [2.75, 3.05) is 5.32 Å². The molecule has 2 nitrogen and oxygen atoms in total. The Labute approximate surface area is 119 Å². The van der Waals surface area contributed by atoms with Gasteiger partial charge < -0.3 is 10.4 Å². The third-order valence-electron chi connectivity index (χ3n) is 2.70. The maximum Gasteiger partial charge on any atom is 0.125 e. The smallest absolute Gasteiger partial charge is 0.125 e. The van der Waals surface area contributed by atoms with E-state index in [1.54, 1.807) is 6.07 Å². The number of nitrogens with one attached hydrogen (secondary N) is 1. The van der Waals surface area contributed by atoms with E-state index in [9.17, 15) is 9.50 Å². The molecule has 0 aliphatic heterocycles. The lowest BCUT2D eigenvalue weighted by atomic mass is 10.1. The topological polar surface area (TPSA) is 32.3 Å². The Morgan fingerprint density at radius 1 is 1.17 bits per heavy atom. The summed E-state index contributed by atoms with van der Waals surface area (Å²) < 4.78 is 14.4. The van der Waals surface area contributed by atoms with Crippen LogP contribution in [0.3, 0.4) is 0 Å². The maximum atomic E-state index is 13.2. The lowest BCUT2D eigenvalue weighted by molar-refractivity contribution is 0.282. The number of rotatable bonds is 3. The van der Waals surface area contributed by atoms with Crippen LogP contribution in [0.1, 0.15) is 11.1 Å². The molecule has 0 aromatic heterocycles. The summed E-state index contributed by atoms with van der Waals surface area (Å²) in [5.41, 5.74) is 3.27. The molecule has 2 rings (SSSR count). The number of aryl methyl sites for hydroxylation is 1. The van der Waals surface area contributed by atoms with Crippen molar-refractivity contribution < 1.29 is 9.50 Å². The van der Waals surface area contributed by atoms with Crippen molar-refractivity contribution in [2.24, 2.45) is 0 Å². The number of hydrogen-bond acceptors (Lipinski definition) is 2. The first-order chi connectivity index (χ1) is 8.60. The molecule has 0 saturated carbocycles. The summed E-state index contributed by atoms with van der Waals surface area (Å²) in [5, 5.41) is 12.4. The molecule has 0 amide bonds. The molecular weight excluding hydrogens is 344 g/mol. The van der Waals surface area contributed by atoms with Gasteiger partial charge >= 0.3 is 0 Å². The van der Waals surface area contributed by atoms with E-state index in [-0.39, 0.29) is 12.4 Å². The average Bonchev–Trinajstić information content (AvgIpc) is 2.33. The Balaban J connectivity index is 2.36. The Morgan fingerprint density at radius 3 is 2.61 bits per heavy atom. The van der Waals surface area contributed by atoms with E-state index in [1.165, 1.54) is 12.1 Å². The van der Waals surface area contributed by atoms with E-state index in [0.29, 0.717) is 11.3 Å². The van der Waals surface area contributed by atoms with Crippen LogP contribution in [0, 0.1) is 16.3 Å². The summed E-state index contributed by atoms with van der Waals surface area (Å²) in [6, 6.07) is 10.3. The quantitative estimate of drug-likeness (QED) is 0.815. The minimum atomic E-state index is -0.321. The fourth-order valence-electron chi connectivity index (χ4n) is 1.72. The van der Waals surface area contributed by atoms with E-state index in [1.807, 2.05) is 25.1 Å². The van der Waals surface area contributed by atoms with Gasteiger partial charge in [-0.15, -0.1) is 0 Å². The van der Waals surface area contributed by atoms with Gasteiger partial charge in [-0.05, 0) is 65.4 Å². The standard InChI is InChI=1S/C14H13FINO/c1-9-6-12(16)4-5-13(9)17-14-7-11(15)3-2-10(14)8-18/h2-7,17-18H,8H2,1H3. The Kier molecular flexibility index (Phi) is 4.19. The third kappa shape index (κ3) is 3.00. The molecule has 0 radical (unpaired) electrons. The summed E-state index contributed by atoms with van der Waals surface area (Å²) in [4.78, 5) is 0. The van der Waals surface area contributed by atoms with Crippen molar-refractivity contribution >= 4 is 34.0 Å². The predicted octanol–water partition coefficient (Wildman–Crippen LogP) is 3.97. The van der Waals surface area contributed by atoms with Gasteiger partial charge in [-0.2, -0.15) is 0 Å². The summed E-state index contributed by atoms with van der Waals surface area (Å²) in [6.07, 6.45) is 0. The molecule has 0 saturated heterocycles. The van der Waals surface area contributed by atoms with Gasteiger partial charge in [0.1, 0.15) is 5.82 Å². The Hall–Kier alpha value is -1.14. The molecule has 0 unspecified atom stereocenters. The summed E-state index contributed by atoms with van der Waals surface area (Å²) in [5.74, 6) is -0.321. The van der Waals surface area contributed by atoms with Crippen LogP contribution in [-0.4, -0.2) is 5.11 Å². The number of aliphatic hydroxyl groups is 1. The van der Waals surface area contributed by atoms with Crippen LogP contribution in [0.5, 0.6) is 0 Å². The molecule has 0 atom stereocenters. The van der Waals surface area contributed by atoms with Gasteiger partial charge in [-0.3, -0.25) is 0 Å². The summed E-state index contributed by atoms with van der Waals surface area (Å²) in [6.45, 7) is 1.87. The molecular formula is C14H13FINO. The van der Waals surface area contributed by atoms with E-state index < -0.39 is 0 Å². The maximum absolute atomic E-state index is 13.2. The van der Waals surface area contributed by atoms with Gasteiger partial charge in [-0.25, -0.2) is 4.39 Å². The third-order valence-corrected chi connectivity index (χ3v) is 3.37. The van der Waals surface area contributed by atoms with Crippen LogP contribution in [0.15, 0.2) is 36.4 Å². The largest absolute Gasteiger partial charge is 0.392 e. The second-order valence-corrected chi connectivity index (χ2v) is 5.29. The van der Waals surface area contributed by atoms with Crippen LogP contribution in [0.2, 0.25) is 0 Å². The molecule has 2 aromatic carbocycles. The first-order valence-corrected chi connectivity index (χ1v) is 6.60. The monoisotopic (exact) mass is 357 g/mol. The molecule has 4 heteroatoms. The highest BCUT2D eigenvalue weighted by Crippen LogP contribution is 2.25. The van der Waals surface area contributed by atoms with Crippen molar-refractivity contribution in [2.45, 2.75) is 13.5 Å². The Bertz CT molecular complexity index is 572. The van der Waals surface area contributed by atoms with Gasteiger partial charge in [0.15, 0.2) is 0 Å². The molecule has 0 aliphatic rings. The van der Waals surface area contributed by atoms with Crippen molar-refractivity contribution in [3.05, 3.63) is 56.9 Å². The summed E-state index contributed by atoms with van der Waals surface area (Å²) in [7, 11) is 0. The zero-order valence-corrected chi connectivity index (χ0v) is 12.0. The zero-order valence-electron chi connectivity index (χ0n) is 9.87. The van der Waals surface area contributed by atoms with Crippen molar-refractivity contribution in [1.82, 2.24) is 0 Å². The molecule has 18 heavy (non-hydrogen) atoms. The van der Waals surface area contributed by atoms with Gasteiger partial charge in [0, 0.05) is 20.5 Å². The van der Waals surface area contributed by atoms with Crippen LogP contribution in [0.4, 0.5) is 15.8 Å². The minimum Gasteiger partial charge on any atom is -0.392 e. The second-order valence-electron chi connectivity index (χ2n) is 4.04. The molecule has 94 valence electrons. The van der Waals surface area contributed by atoms with Crippen molar-refractivity contribution in [3.63, 3.8) is 0 Å². The number of benzene rings is 2. The molecule has 0 aliphatic carbocycles. The van der Waals surface area contributed by atoms with Gasteiger partial charge in [0.05, 0.1) is 6.61 Å². The number of hydrogen-bond donors (Lipinski definition) is 2. The number of halogens is 2. The van der Waals surface area contributed by atoms with Gasteiger partial charge in [0.2, 0.25) is 0 Å². The molecule has 2 N–H and O–H groups in total. The number of anilines is 2. The van der Waals surface area contributed by atoms with Crippen LogP contribution < -0.4 is 5.32 Å². The molecule has 2 aromatic rings. The highest BCUT2D eigenvalue weighted by Gasteiger charge is 2.05. The van der Waals surface area contributed by atoms with Crippen LogP contribution >= 0.6 is 22.6 Å². The normalized spacial score (nSPS) is 10.4. The van der Waals surface area contributed by atoms with Gasteiger partial charge in [0.25, 0.3) is 0 Å². The highest BCUT2D eigenvalue weighted by molar-refractivity contribution is 14.1. The highest BCUT2D eigenvalue weighted by atomic mass is 127. The van der Waals surface area contributed by atoms with Crippen molar-refractivity contribution in [3.8, 4) is 0 Å². The SMILES string of the molecule is Cc1cc(I)ccc1Nc1cc(F)ccc1CO. The fraction of sp³-hybridized carbons (Fsp3) is 0.143. The van der Waals surface area contributed by atoms with E-state index in [0.717, 1.165) is 14.8 Å². The molecule has 0 spiro atoms. The van der Waals surface area contributed by atoms with Crippen LogP contribution in [-0.2, 0) is 6.61 Å². The first kappa shape index (κ1) is 13.3. The lowest BCUT2D eigenvalue weighted by Gasteiger charge is -2.13. The van der Waals surface area contributed by atoms with Crippen LogP contribution in [0.25, 0.3) is 0 Å². The minimum absolute atomic E-state index is 0.119. The van der Waals surface area contributed by atoms with E-state index >= 15 is 0 Å². The van der Waals surface area contributed by atoms with E-state index in [4.69, 9.17) is 0 Å². The molecule has 0 fully saturated rings. The van der Waals surface area contributed by atoms with E-state index in [2.05, 4.69) is 27.9 Å². The zero-order chi connectivity index (χ0) is 13.1. The predicted molar refractivity (Wildman–Crippen MR) is 79.5 cm³/mol. The first-order valence-electron chi connectivity index (χ1n) is 5.52. The molecule has 0 heterocycles. The fourth-order valence-corrected chi connectivity index (χ4v) is 2.36. The molecule has 0 bridgehead atoms. The van der Waals surface area contributed by atoms with Gasteiger partial charge in [-0.1, -0.05) is 6.07 Å². The second kappa shape index (κ2) is 5.67.